The Kier molecular flexibility index (Phi) is 13.2. The first-order valence-corrected chi connectivity index (χ1v) is 8.67. The van der Waals surface area contributed by atoms with Crippen LogP contribution in [-0.4, -0.2) is 69.0 Å². The monoisotopic (exact) mass is 353 g/mol. The van der Waals surface area contributed by atoms with Crippen molar-refractivity contribution in [2.24, 2.45) is 0 Å². The smallest absolute Gasteiger partial charge is 0.0701 e. The lowest BCUT2D eigenvalue weighted by Gasteiger charge is -2.33. The summed E-state index contributed by atoms with van der Waals surface area (Å²) in [6.45, 7) is 11.7. The van der Waals surface area contributed by atoms with Gasteiger partial charge in [-0.3, -0.25) is 4.90 Å². The standard InChI is InChI=1S/C15H32BrNO3/c1-5-6-8-18-10-12-20-13-11-19-9-7-17(4)15(2,3)14-16/h5-14H2,1-4H3. The molecule has 5 heteroatoms. The second-order valence-electron chi connectivity index (χ2n) is 5.56. The highest BCUT2D eigenvalue weighted by Gasteiger charge is 2.21. The predicted molar refractivity (Wildman–Crippen MR) is 87.9 cm³/mol. The summed E-state index contributed by atoms with van der Waals surface area (Å²) >= 11 is 3.53. The van der Waals surface area contributed by atoms with Gasteiger partial charge in [0.05, 0.1) is 33.0 Å². The molecule has 0 aromatic heterocycles. The number of unbranched alkanes of at least 4 members (excludes halogenated alkanes) is 1. The Morgan fingerprint density at radius 2 is 1.40 bits per heavy atom. The quantitative estimate of drug-likeness (QED) is 0.355. The Morgan fingerprint density at radius 1 is 0.900 bits per heavy atom. The zero-order valence-corrected chi connectivity index (χ0v) is 15.2. The van der Waals surface area contributed by atoms with Crippen molar-refractivity contribution in [1.82, 2.24) is 4.90 Å². The summed E-state index contributed by atoms with van der Waals surface area (Å²) in [5.41, 5.74) is 0.162. The van der Waals surface area contributed by atoms with E-state index in [4.69, 9.17) is 14.2 Å². The van der Waals surface area contributed by atoms with Gasteiger partial charge >= 0.3 is 0 Å². The van der Waals surface area contributed by atoms with Crippen LogP contribution in [0, 0.1) is 0 Å². The lowest BCUT2D eigenvalue weighted by molar-refractivity contribution is 0.00749. The molecule has 0 rings (SSSR count). The summed E-state index contributed by atoms with van der Waals surface area (Å²) in [5.74, 6) is 0. The maximum absolute atomic E-state index is 5.57. The van der Waals surface area contributed by atoms with Crippen LogP contribution in [0.25, 0.3) is 0 Å². The molecule has 0 aliphatic heterocycles. The first-order valence-electron chi connectivity index (χ1n) is 7.55. The number of rotatable bonds is 14. The molecule has 0 N–H and O–H groups in total. The van der Waals surface area contributed by atoms with Crippen molar-refractivity contribution in [3.8, 4) is 0 Å². The van der Waals surface area contributed by atoms with Crippen molar-refractivity contribution in [3.05, 3.63) is 0 Å². The number of hydrogen-bond acceptors (Lipinski definition) is 4. The van der Waals surface area contributed by atoms with E-state index in [9.17, 15) is 0 Å². The molecule has 0 radical (unpaired) electrons. The third-order valence-electron chi connectivity index (χ3n) is 3.32. The third-order valence-corrected chi connectivity index (χ3v) is 4.69. The van der Waals surface area contributed by atoms with Crippen LogP contribution in [0.15, 0.2) is 0 Å². The predicted octanol–water partition coefficient (Wildman–Crippen LogP) is 2.94. The first kappa shape index (κ1) is 20.3. The van der Waals surface area contributed by atoms with E-state index < -0.39 is 0 Å². The number of alkyl halides is 1. The molecule has 0 heterocycles. The first-order chi connectivity index (χ1) is 9.54. The fourth-order valence-electron chi connectivity index (χ4n) is 1.39. The van der Waals surface area contributed by atoms with Gasteiger partial charge in [-0.2, -0.15) is 0 Å². The van der Waals surface area contributed by atoms with Crippen LogP contribution < -0.4 is 0 Å². The molecular weight excluding hydrogens is 322 g/mol. The normalized spacial score (nSPS) is 12.3. The molecule has 0 fully saturated rings. The van der Waals surface area contributed by atoms with Crippen molar-refractivity contribution < 1.29 is 14.2 Å². The minimum Gasteiger partial charge on any atom is -0.379 e. The van der Waals surface area contributed by atoms with Gasteiger partial charge in [0.1, 0.15) is 0 Å². The third kappa shape index (κ3) is 11.0. The van der Waals surface area contributed by atoms with E-state index in [1.807, 2.05) is 0 Å². The van der Waals surface area contributed by atoms with E-state index in [0.29, 0.717) is 26.4 Å². The molecule has 0 aliphatic rings. The van der Waals surface area contributed by atoms with Gasteiger partial charge in [0.2, 0.25) is 0 Å². The molecule has 0 saturated carbocycles. The maximum Gasteiger partial charge on any atom is 0.0701 e. The SMILES string of the molecule is CCCCOCCOCCOCCN(C)C(C)(C)CBr. The molecule has 0 aromatic carbocycles. The Labute approximate surface area is 133 Å². The zero-order chi connectivity index (χ0) is 15.3. The highest BCUT2D eigenvalue weighted by molar-refractivity contribution is 9.09. The molecule has 0 saturated heterocycles. The molecular formula is C15H32BrNO3. The van der Waals surface area contributed by atoms with Crippen molar-refractivity contribution in [1.29, 1.82) is 0 Å². The summed E-state index contributed by atoms with van der Waals surface area (Å²) in [6.07, 6.45) is 2.30. The Morgan fingerprint density at radius 3 is 1.90 bits per heavy atom. The molecule has 4 nitrogen and oxygen atoms in total. The van der Waals surface area contributed by atoms with Gasteiger partial charge in [-0.1, -0.05) is 29.3 Å². The van der Waals surface area contributed by atoms with Crippen LogP contribution in [0.1, 0.15) is 33.6 Å². The van der Waals surface area contributed by atoms with Gasteiger partial charge in [0.25, 0.3) is 0 Å². The fraction of sp³-hybridized carbons (Fsp3) is 1.00. The van der Waals surface area contributed by atoms with E-state index in [1.165, 1.54) is 6.42 Å². The van der Waals surface area contributed by atoms with E-state index in [2.05, 4.69) is 48.6 Å². The van der Waals surface area contributed by atoms with Gasteiger partial charge in [-0.05, 0) is 27.3 Å². The van der Waals surface area contributed by atoms with Crippen LogP contribution in [0.5, 0.6) is 0 Å². The second kappa shape index (κ2) is 13.0. The minimum absolute atomic E-state index is 0.162. The highest BCUT2D eigenvalue weighted by Crippen LogP contribution is 2.14. The second-order valence-corrected chi connectivity index (χ2v) is 6.12. The average Bonchev–Trinajstić information content (AvgIpc) is 2.44. The topological polar surface area (TPSA) is 30.9 Å². The number of nitrogens with zero attached hydrogens (tertiary/aromatic N) is 1. The van der Waals surface area contributed by atoms with Gasteiger partial charge in [-0.25, -0.2) is 0 Å². The van der Waals surface area contributed by atoms with Crippen LogP contribution in [0.2, 0.25) is 0 Å². The van der Waals surface area contributed by atoms with Gasteiger partial charge in [0, 0.05) is 24.0 Å². The Balaban J connectivity index is 3.25. The van der Waals surface area contributed by atoms with Crippen LogP contribution >= 0.6 is 15.9 Å². The highest BCUT2D eigenvalue weighted by atomic mass is 79.9. The Hall–Kier alpha value is 0.320. The van der Waals surface area contributed by atoms with E-state index in [1.54, 1.807) is 0 Å². The Bertz CT molecular complexity index is 215. The molecule has 0 unspecified atom stereocenters. The zero-order valence-electron chi connectivity index (χ0n) is 13.6. The molecule has 122 valence electrons. The van der Waals surface area contributed by atoms with Gasteiger partial charge < -0.3 is 14.2 Å². The summed E-state index contributed by atoms with van der Waals surface area (Å²) < 4.78 is 16.4. The molecule has 0 aliphatic carbocycles. The van der Waals surface area contributed by atoms with Crippen molar-refractivity contribution in [2.75, 3.05) is 58.6 Å². The van der Waals surface area contributed by atoms with Crippen LogP contribution in [-0.2, 0) is 14.2 Å². The molecule has 20 heavy (non-hydrogen) atoms. The lowest BCUT2D eigenvalue weighted by Crippen LogP contribution is -2.44. The number of hydrogen-bond donors (Lipinski definition) is 0. The van der Waals surface area contributed by atoms with Gasteiger partial charge in [0.15, 0.2) is 0 Å². The largest absolute Gasteiger partial charge is 0.379 e. The van der Waals surface area contributed by atoms with E-state index in [-0.39, 0.29) is 5.54 Å². The van der Waals surface area contributed by atoms with Crippen molar-refractivity contribution in [2.45, 2.75) is 39.2 Å². The molecule has 0 bridgehead atoms. The maximum atomic E-state index is 5.57. The van der Waals surface area contributed by atoms with Crippen molar-refractivity contribution in [3.63, 3.8) is 0 Å². The summed E-state index contributed by atoms with van der Waals surface area (Å²) in [6, 6.07) is 0. The van der Waals surface area contributed by atoms with Crippen LogP contribution in [0.4, 0.5) is 0 Å². The molecule has 0 amide bonds. The van der Waals surface area contributed by atoms with Crippen LogP contribution in [0.3, 0.4) is 0 Å². The number of ether oxygens (including phenoxy) is 3. The summed E-state index contributed by atoms with van der Waals surface area (Å²) in [5, 5.41) is 0.956. The summed E-state index contributed by atoms with van der Waals surface area (Å²) in [4.78, 5) is 2.30. The summed E-state index contributed by atoms with van der Waals surface area (Å²) in [7, 11) is 2.12. The molecule has 0 spiro atoms. The van der Waals surface area contributed by atoms with Gasteiger partial charge in [-0.15, -0.1) is 0 Å². The van der Waals surface area contributed by atoms with E-state index in [0.717, 1.165) is 31.5 Å². The minimum atomic E-state index is 0.162. The molecule has 0 atom stereocenters. The molecule has 0 aromatic rings. The number of halogens is 1. The fourth-order valence-corrected chi connectivity index (χ4v) is 1.82. The van der Waals surface area contributed by atoms with Crippen molar-refractivity contribution >= 4 is 15.9 Å². The number of likely N-dealkylation sites (N-methyl/N-ethyl adjacent to an activating group) is 1. The lowest BCUT2D eigenvalue weighted by atomic mass is 10.1. The average molecular weight is 354 g/mol. The van der Waals surface area contributed by atoms with E-state index >= 15 is 0 Å².